The molecule has 2 aliphatic rings. The van der Waals surface area contributed by atoms with Crippen molar-refractivity contribution in [3.63, 3.8) is 0 Å². The Labute approximate surface area is 169 Å². The maximum atomic E-state index is 12.1. The summed E-state index contributed by atoms with van der Waals surface area (Å²) in [5, 5.41) is 3.92. The minimum atomic E-state index is -0.629. The maximum Gasteiger partial charge on any atom is 0.338 e. The number of nitrogens with zero attached hydrogens (tertiary/aromatic N) is 1. The van der Waals surface area contributed by atoms with E-state index in [1.165, 1.54) is 42.7 Å². The molecule has 1 heterocycles. The van der Waals surface area contributed by atoms with Crippen molar-refractivity contribution in [1.29, 1.82) is 0 Å². The monoisotopic (exact) mass is 399 g/mol. The first-order valence-corrected chi connectivity index (χ1v) is 9.87. The fraction of sp³-hybridized carbons (Fsp3) is 0.429. The van der Waals surface area contributed by atoms with Gasteiger partial charge in [-0.15, -0.1) is 0 Å². The normalized spacial score (nSPS) is 16.7. The van der Waals surface area contributed by atoms with Crippen molar-refractivity contribution < 1.29 is 23.9 Å². The predicted molar refractivity (Wildman–Crippen MR) is 106 cm³/mol. The van der Waals surface area contributed by atoms with E-state index in [0.29, 0.717) is 12.2 Å². The molecule has 1 saturated heterocycles. The quantitative estimate of drug-likeness (QED) is 0.539. The minimum absolute atomic E-state index is 0.141. The van der Waals surface area contributed by atoms with Gasteiger partial charge < -0.3 is 10.1 Å². The van der Waals surface area contributed by atoms with Gasteiger partial charge in [0.15, 0.2) is 6.61 Å². The smallest absolute Gasteiger partial charge is 0.338 e. The molecule has 1 aromatic rings. The first-order chi connectivity index (χ1) is 14.0. The summed E-state index contributed by atoms with van der Waals surface area (Å²) < 4.78 is 5.04. The molecule has 8 nitrogen and oxygen atoms in total. The van der Waals surface area contributed by atoms with Crippen LogP contribution in [0.2, 0.25) is 0 Å². The molecule has 2 N–H and O–H groups in total. The SMILES string of the molecule is O=C(COC(=O)c1ccc(N2NC(=O)CCC2=O)cc1)NCCC1=CCCCC1. The van der Waals surface area contributed by atoms with Crippen LogP contribution in [-0.4, -0.2) is 36.8 Å². The highest BCUT2D eigenvalue weighted by Gasteiger charge is 2.24. The Balaban J connectivity index is 1.43. The van der Waals surface area contributed by atoms with E-state index in [0.717, 1.165) is 24.3 Å². The van der Waals surface area contributed by atoms with Gasteiger partial charge in [-0.3, -0.25) is 19.8 Å². The van der Waals surface area contributed by atoms with Gasteiger partial charge in [-0.2, -0.15) is 0 Å². The Morgan fingerprint density at radius 1 is 1.07 bits per heavy atom. The summed E-state index contributed by atoms with van der Waals surface area (Å²) in [6.07, 6.45) is 8.01. The lowest BCUT2D eigenvalue weighted by molar-refractivity contribution is -0.130. The van der Waals surface area contributed by atoms with Crippen molar-refractivity contribution in [1.82, 2.24) is 10.7 Å². The van der Waals surface area contributed by atoms with E-state index < -0.39 is 5.97 Å². The molecule has 1 aliphatic heterocycles. The number of ether oxygens (including phenoxy) is 1. The van der Waals surface area contributed by atoms with Crippen molar-refractivity contribution in [2.24, 2.45) is 0 Å². The van der Waals surface area contributed by atoms with Crippen LogP contribution in [-0.2, 0) is 19.1 Å². The van der Waals surface area contributed by atoms with E-state index >= 15 is 0 Å². The van der Waals surface area contributed by atoms with Gasteiger partial charge in [0.05, 0.1) is 11.3 Å². The van der Waals surface area contributed by atoms with E-state index in [2.05, 4.69) is 16.8 Å². The zero-order chi connectivity index (χ0) is 20.6. The topological polar surface area (TPSA) is 105 Å². The van der Waals surface area contributed by atoms with Crippen LogP contribution in [0.15, 0.2) is 35.9 Å². The molecule has 1 aromatic carbocycles. The predicted octanol–water partition coefficient (Wildman–Crippen LogP) is 2.01. The van der Waals surface area contributed by atoms with Gasteiger partial charge in [0.2, 0.25) is 11.8 Å². The molecule has 3 rings (SSSR count). The van der Waals surface area contributed by atoms with Crippen LogP contribution in [0.1, 0.15) is 55.3 Å². The number of carbonyl (C=O) groups excluding carboxylic acids is 4. The third-order valence-electron chi connectivity index (χ3n) is 4.90. The van der Waals surface area contributed by atoms with Crippen LogP contribution < -0.4 is 15.8 Å². The third-order valence-corrected chi connectivity index (χ3v) is 4.90. The fourth-order valence-electron chi connectivity index (χ4n) is 3.29. The first-order valence-electron chi connectivity index (χ1n) is 9.87. The number of hydrogen-bond donors (Lipinski definition) is 2. The average Bonchev–Trinajstić information content (AvgIpc) is 2.74. The highest BCUT2D eigenvalue weighted by molar-refractivity contribution is 6.01. The molecule has 1 fully saturated rings. The van der Waals surface area contributed by atoms with Crippen LogP contribution in [0, 0.1) is 0 Å². The second kappa shape index (κ2) is 9.86. The zero-order valence-corrected chi connectivity index (χ0v) is 16.2. The van der Waals surface area contributed by atoms with Gasteiger partial charge in [0, 0.05) is 19.4 Å². The summed E-state index contributed by atoms with van der Waals surface area (Å²) in [7, 11) is 0. The Hall–Kier alpha value is -3.16. The molecule has 1 aliphatic carbocycles. The molecule has 0 aromatic heterocycles. The molecule has 8 heteroatoms. The van der Waals surface area contributed by atoms with Crippen molar-refractivity contribution >= 4 is 29.4 Å². The molecule has 3 amide bonds. The van der Waals surface area contributed by atoms with Gasteiger partial charge in [-0.1, -0.05) is 11.6 Å². The minimum Gasteiger partial charge on any atom is -0.452 e. The van der Waals surface area contributed by atoms with E-state index in [4.69, 9.17) is 4.74 Å². The second-order valence-corrected chi connectivity index (χ2v) is 7.10. The summed E-state index contributed by atoms with van der Waals surface area (Å²) in [4.78, 5) is 47.3. The Kier molecular flexibility index (Phi) is 6.99. The summed E-state index contributed by atoms with van der Waals surface area (Å²) in [5.74, 6) is -1.43. The van der Waals surface area contributed by atoms with Crippen LogP contribution in [0.25, 0.3) is 0 Å². The molecule has 0 saturated carbocycles. The van der Waals surface area contributed by atoms with E-state index in [9.17, 15) is 19.2 Å². The van der Waals surface area contributed by atoms with Crippen LogP contribution in [0.4, 0.5) is 5.69 Å². The van der Waals surface area contributed by atoms with Gasteiger partial charge in [-0.05, 0) is 56.4 Å². The van der Waals surface area contributed by atoms with Crippen LogP contribution in [0.3, 0.4) is 0 Å². The van der Waals surface area contributed by atoms with Gasteiger partial charge >= 0.3 is 5.97 Å². The first kappa shape index (κ1) is 20.6. The van der Waals surface area contributed by atoms with E-state index in [1.54, 1.807) is 0 Å². The third kappa shape index (κ3) is 5.91. The highest BCUT2D eigenvalue weighted by Crippen LogP contribution is 2.19. The molecular formula is C21H25N3O5. The maximum absolute atomic E-state index is 12.1. The molecule has 29 heavy (non-hydrogen) atoms. The molecule has 0 spiro atoms. The number of rotatable bonds is 7. The highest BCUT2D eigenvalue weighted by atomic mass is 16.5. The number of hydrogen-bond acceptors (Lipinski definition) is 5. The summed E-state index contributed by atoms with van der Waals surface area (Å²) in [6, 6.07) is 6.05. The molecular weight excluding hydrogens is 374 g/mol. The van der Waals surface area contributed by atoms with Crippen molar-refractivity contribution in [2.75, 3.05) is 18.2 Å². The Bertz CT molecular complexity index is 816. The number of amides is 3. The number of allylic oxidation sites excluding steroid dienone is 1. The lowest BCUT2D eigenvalue weighted by Gasteiger charge is -2.27. The van der Waals surface area contributed by atoms with E-state index in [-0.39, 0.29) is 42.7 Å². The summed E-state index contributed by atoms with van der Waals surface area (Å²) >= 11 is 0. The Morgan fingerprint density at radius 3 is 2.59 bits per heavy atom. The van der Waals surface area contributed by atoms with Gasteiger partial charge in [0.1, 0.15) is 0 Å². The molecule has 0 bridgehead atoms. The standard InChI is InChI=1S/C21H25N3O5/c25-18-10-11-20(27)24(23-18)17-8-6-16(7-9-17)21(28)29-14-19(26)22-13-12-15-4-2-1-3-5-15/h4,6-9H,1-3,5,10-14H2,(H,22,26)(H,23,25). The number of hydrazine groups is 1. The van der Waals surface area contributed by atoms with Gasteiger partial charge in [0.25, 0.3) is 5.91 Å². The van der Waals surface area contributed by atoms with Crippen molar-refractivity contribution in [3.05, 3.63) is 41.5 Å². The zero-order valence-electron chi connectivity index (χ0n) is 16.2. The number of nitrogens with one attached hydrogen (secondary N) is 2. The largest absolute Gasteiger partial charge is 0.452 e. The Morgan fingerprint density at radius 2 is 1.86 bits per heavy atom. The molecule has 0 atom stereocenters. The van der Waals surface area contributed by atoms with Crippen LogP contribution >= 0.6 is 0 Å². The number of benzene rings is 1. The fourth-order valence-corrected chi connectivity index (χ4v) is 3.29. The lowest BCUT2D eigenvalue weighted by atomic mass is 9.97. The number of anilines is 1. The lowest BCUT2D eigenvalue weighted by Crippen LogP contribution is -2.50. The van der Waals surface area contributed by atoms with Crippen LogP contribution in [0.5, 0.6) is 0 Å². The second-order valence-electron chi connectivity index (χ2n) is 7.10. The van der Waals surface area contributed by atoms with Crippen molar-refractivity contribution in [3.8, 4) is 0 Å². The summed E-state index contributed by atoms with van der Waals surface area (Å²) in [6.45, 7) is 0.187. The summed E-state index contributed by atoms with van der Waals surface area (Å²) in [5.41, 5.74) is 4.57. The molecule has 0 radical (unpaired) electrons. The molecule has 154 valence electrons. The van der Waals surface area contributed by atoms with E-state index in [1.807, 2.05) is 0 Å². The van der Waals surface area contributed by atoms with Gasteiger partial charge in [-0.25, -0.2) is 9.80 Å². The van der Waals surface area contributed by atoms with Crippen molar-refractivity contribution in [2.45, 2.75) is 44.9 Å². The molecule has 0 unspecified atom stereocenters. The number of carbonyl (C=O) groups is 4. The number of esters is 1. The average molecular weight is 399 g/mol.